The van der Waals surface area contributed by atoms with Crippen LogP contribution in [0.2, 0.25) is 0 Å². The maximum atomic E-state index is 11.5. The molecule has 2 aromatic carbocycles. The molecule has 0 spiro atoms. The number of carbonyl (C=O) groups is 1. The molecule has 0 saturated carbocycles. The summed E-state index contributed by atoms with van der Waals surface area (Å²) in [4.78, 5) is 11.5. The Morgan fingerprint density at radius 3 is 2.26 bits per heavy atom. The van der Waals surface area contributed by atoms with Gasteiger partial charge in [-0.25, -0.2) is 4.68 Å². The number of rotatable bonds is 4. The fourth-order valence-electron chi connectivity index (χ4n) is 2.48. The number of carbonyl (C=O) groups excluding carboxylic acids is 1. The van der Waals surface area contributed by atoms with Gasteiger partial charge in [0.05, 0.1) is 11.7 Å². The second-order valence-corrected chi connectivity index (χ2v) is 5.74. The van der Waals surface area contributed by atoms with Crippen molar-refractivity contribution in [1.82, 2.24) is 9.78 Å². The number of aromatic nitrogens is 2. The van der Waals surface area contributed by atoms with Crippen LogP contribution < -0.4 is 5.11 Å². The molecular weight excluding hydrogens is 288 g/mol. The Hall–Kier alpha value is -2.88. The van der Waals surface area contributed by atoms with Crippen molar-refractivity contribution >= 4 is 5.97 Å². The van der Waals surface area contributed by atoms with E-state index in [1.807, 2.05) is 54.6 Å². The third kappa shape index (κ3) is 3.01. The molecule has 3 aromatic rings. The number of nitrogens with zero attached hydrogens (tertiary/aromatic N) is 2. The Balaban J connectivity index is 2.07. The minimum Gasteiger partial charge on any atom is -0.545 e. The van der Waals surface area contributed by atoms with Gasteiger partial charge in [0, 0.05) is 17.3 Å². The van der Waals surface area contributed by atoms with Crippen LogP contribution in [0.15, 0.2) is 60.8 Å². The molecule has 116 valence electrons. The van der Waals surface area contributed by atoms with E-state index in [1.165, 1.54) is 11.8 Å². The molecule has 0 bridgehead atoms. The quantitative estimate of drug-likeness (QED) is 0.744. The molecule has 4 nitrogen and oxygen atoms in total. The zero-order valence-corrected chi connectivity index (χ0v) is 13.1. The van der Waals surface area contributed by atoms with E-state index in [4.69, 9.17) is 0 Å². The molecule has 23 heavy (non-hydrogen) atoms. The Labute approximate surface area is 135 Å². The fourth-order valence-corrected chi connectivity index (χ4v) is 2.48. The SMILES string of the molecule is CC(C)c1ccc(-c2nn(-c3ccccc3)cc2C(=O)[O-])cc1. The van der Waals surface area contributed by atoms with Gasteiger partial charge in [-0.05, 0) is 23.6 Å². The van der Waals surface area contributed by atoms with Crippen LogP contribution in [0.4, 0.5) is 0 Å². The molecule has 0 radical (unpaired) electrons. The lowest BCUT2D eigenvalue weighted by atomic mass is 10.00. The first-order chi connectivity index (χ1) is 11.1. The van der Waals surface area contributed by atoms with E-state index in [-0.39, 0.29) is 5.56 Å². The van der Waals surface area contributed by atoms with Crippen LogP contribution in [0.25, 0.3) is 16.9 Å². The summed E-state index contributed by atoms with van der Waals surface area (Å²) in [7, 11) is 0. The second kappa shape index (κ2) is 6.08. The molecule has 0 atom stereocenters. The van der Waals surface area contributed by atoms with Crippen LogP contribution in [0, 0.1) is 0 Å². The van der Waals surface area contributed by atoms with Crippen LogP contribution in [0.5, 0.6) is 0 Å². The highest BCUT2D eigenvalue weighted by Gasteiger charge is 2.13. The summed E-state index contributed by atoms with van der Waals surface area (Å²) in [6.45, 7) is 4.23. The normalized spacial score (nSPS) is 10.9. The van der Waals surface area contributed by atoms with Gasteiger partial charge < -0.3 is 9.90 Å². The molecule has 3 rings (SSSR count). The highest BCUT2D eigenvalue weighted by atomic mass is 16.4. The highest BCUT2D eigenvalue weighted by Crippen LogP contribution is 2.25. The lowest BCUT2D eigenvalue weighted by molar-refractivity contribution is -0.254. The van der Waals surface area contributed by atoms with Crippen molar-refractivity contribution in [2.45, 2.75) is 19.8 Å². The van der Waals surface area contributed by atoms with Crippen molar-refractivity contribution in [3.8, 4) is 16.9 Å². The standard InChI is InChI=1S/C19H18N2O2/c1-13(2)14-8-10-15(11-9-14)18-17(19(22)23)12-21(20-18)16-6-4-3-5-7-16/h3-13H,1-2H3,(H,22,23)/p-1. The first kappa shape index (κ1) is 15.0. The Morgan fingerprint density at radius 1 is 1.04 bits per heavy atom. The van der Waals surface area contributed by atoms with E-state index in [0.717, 1.165) is 11.3 Å². The molecular formula is C19H17N2O2-. The van der Waals surface area contributed by atoms with Gasteiger partial charge in [0.2, 0.25) is 0 Å². The van der Waals surface area contributed by atoms with Crippen molar-refractivity contribution in [2.75, 3.05) is 0 Å². The molecule has 1 aromatic heterocycles. The van der Waals surface area contributed by atoms with Gasteiger partial charge in [-0.1, -0.05) is 56.3 Å². The Kier molecular flexibility index (Phi) is 3.98. The summed E-state index contributed by atoms with van der Waals surface area (Å²) >= 11 is 0. The molecule has 0 saturated heterocycles. The summed E-state index contributed by atoms with van der Waals surface area (Å²) in [6, 6.07) is 17.2. The topological polar surface area (TPSA) is 58.0 Å². The fraction of sp³-hybridized carbons (Fsp3) is 0.158. The van der Waals surface area contributed by atoms with Crippen LogP contribution in [0.3, 0.4) is 0 Å². The predicted molar refractivity (Wildman–Crippen MR) is 87.4 cm³/mol. The molecule has 0 aliphatic heterocycles. The van der Waals surface area contributed by atoms with Crippen LogP contribution in [-0.4, -0.2) is 15.7 Å². The number of carboxylic acids is 1. The maximum Gasteiger partial charge on any atom is 0.102 e. The number of benzene rings is 2. The molecule has 0 unspecified atom stereocenters. The molecule has 0 amide bonds. The van der Waals surface area contributed by atoms with Crippen molar-refractivity contribution in [3.63, 3.8) is 0 Å². The van der Waals surface area contributed by atoms with Gasteiger partial charge in [0.15, 0.2) is 0 Å². The average molecular weight is 305 g/mol. The monoisotopic (exact) mass is 305 g/mol. The second-order valence-electron chi connectivity index (χ2n) is 5.74. The van der Waals surface area contributed by atoms with Crippen molar-refractivity contribution in [3.05, 3.63) is 71.9 Å². The summed E-state index contributed by atoms with van der Waals surface area (Å²) < 4.78 is 1.57. The predicted octanol–water partition coefficient (Wildman–Crippen LogP) is 3.03. The number of hydrogen-bond donors (Lipinski definition) is 0. The van der Waals surface area contributed by atoms with Crippen LogP contribution in [0.1, 0.15) is 35.7 Å². The lowest BCUT2D eigenvalue weighted by Crippen LogP contribution is -2.22. The Morgan fingerprint density at radius 2 is 1.70 bits per heavy atom. The van der Waals surface area contributed by atoms with Gasteiger partial charge in [-0.3, -0.25) is 0 Å². The summed E-state index contributed by atoms with van der Waals surface area (Å²) in [6.07, 6.45) is 1.50. The van der Waals surface area contributed by atoms with E-state index in [9.17, 15) is 9.90 Å². The average Bonchev–Trinajstić information content (AvgIpc) is 3.01. The molecule has 1 heterocycles. The summed E-state index contributed by atoms with van der Waals surface area (Å²) in [5.74, 6) is -0.804. The highest BCUT2D eigenvalue weighted by molar-refractivity contribution is 5.93. The van der Waals surface area contributed by atoms with Crippen molar-refractivity contribution < 1.29 is 9.90 Å². The van der Waals surface area contributed by atoms with Gasteiger partial charge >= 0.3 is 0 Å². The van der Waals surface area contributed by atoms with Gasteiger partial charge in [-0.15, -0.1) is 0 Å². The van der Waals surface area contributed by atoms with E-state index < -0.39 is 5.97 Å². The van der Waals surface area contributed by atoms with Crippen LogP contribution >= 0.6 is 0 Å². The van der Waals surface area contributed by atoms with E-state index in [1.54, 1.807) is 4.68 Å². The zero-order valence-electron chi connectivity index (χ0n) is 13.1. The first-order valence-electron chi connectivity index (χ1n) is 7.53. The molecule has 0 aliphatic carbocycles. The smallest absolute Gasteiger partial charge is 0.102 e. The first-order valence-corrected chi connectivity index (χ1v) is 7.53. The number of aromatic carboxylic acids is 1. The Bertz CT molecular complexity index is 818. The van der Waals surface area contributed by atoms with E-state index in [0.29, 0.717) is 11.6 Å². The largest absolute Gasteiger partial charge is 0.545 e. The van der Waals surface area contributed by atoms with E-state index in [2.05, 4.69) is 18.9 Å². The van der Waals surface area contributed by atoms with Crippen LogP contribution in [-0.2, 0) is 0 Å². The minimum absolute atomic E-state index is 0.0890. The van der Waals surface area contributed by atoms with Crippen molar-refractivity contribution in [1.29, 1.82) is 0 Å². The molecule has 0 aliphatic rings. The van der Waals surface area contributed by atoms with E-state index >= 15 is 0 Å². The zero-order chi connectivity index (χ0) is 16.4. The number of para-hydroxylation sites is 1. The molecule has 4 heteroatoms. The third-order valence-electron chi connectivity index (χ3n) is 3.81. The number of carboxylic acid groups (broad SMARTS) is 1. The summed E-state index contributed by atoms with van der Waals surface area (Å²) in [5.41, 5.74) is 3.28. The number of hydrogen-bond acceptors (Lipinski definition) is 3. The van der Waals surface area contributed by atoms with Gasteiger partial charge in [0.1, 0.15) is 5.69 Å². The van der Waals surface area contributed by atoms with Gasteiger partial charge in [0.25, 0.3) is 0 Å². The molecule has 0 fully saturated rings. The molecule has 0 N–H and O–H groups in total. The third-order valence-corrected chi connectivity index (χ3v) is 3.81. The lowest BCUT2D eigenvalue weighted by Gasteiger charge is -2.07. The minimum atomic E-state index is -1.23. The van der Waals surface area contributed by atoms with Gasteiger partial charge in [-0.2, -0.15) is 5.10 Å². The maximum absolute atomic E-state index is 11.5. The van der Waals surface area contributed by atoms with Crippen molar-refractivity contribution in [2.24, 2.45) is 0 Å². The summed E-state index contributed by atoms with van der Waals surface area (Å²) in [5, 5.41) is 15.9.